The van der Waals surface area contributed by atoms with Crippen LogP contribution in [0.25, 0.3) is 10.1 Å². The van der Waals surface area contributed by atoms with Crippen LogP contribution in [0.4, 0.5) is 0 Å². The van der Waals surface area contributed by atoms with E-state index in [1.54, 1.807) is 0 Å². The van der Waals surface area contributed by atoms with Crippen molar-refractivity contribution in [1.29, 1.82) is 0 Å². The van der Waals surface area contributed by atoms with Gasteiger partial charge in [-0.15, -0.1) is 23.1 Å². The Labute approximate surface area is 101 Å². The van der Waals surface area contributed by atoms with E-state index >= 15 is 0 Å². The number of rotatable bonds is 2. The molecule has 0 fully saturated rings. The van der Waals surface area contributed by atoms with Gasteiger partial charge in [0, 0.05) is 19.8 Å². The molecular formula is C11H11BrS2. The highest BCUT2D eigenvalue weighted by molar-refractivity contribution is 9.08. The molecule has 2 aromatic rings. The summed E-state index contributed by atoms with van der Waals surface area (Å²) in [5.41, 5.74) is 1.45. The molecule has 0 aliphatic heterocycles. The smallest absolute Gasteiger partial charge is 0.0484 e. The van der Waals surface area contributed by atoms with Crippen LogP contribution >= 0.6 is 39.0 Å². The van der Waals surface area contributed by atoms with Crippen LogP contribution in [0.5, 0.6) is 0 Å². The van der Waals surface area contributed by atoms with Crippen LogP contribution < -0.4 is 0 Å². The Morgan fingerprint density at radius 3 is 2.86 bits per heavy atom. The zero-order valence-electron chi connectivity index (χ0n) is 8.13. The Bertz CT molecular complexity index is 460. The molecule has 0 N–H and O–H groups in total. The molecule has 0 saturated heterocycles. The average Bonchev–Trinajstić information content (AvgIpc) is 2.52. The van der Waals surface area contributed by atoms with Crippen LogP contribution in [0, 0.1) is 6.92 Å². The van der Waals surface area contributed by atoms with Gasteiger partial charge in [-0.1, -0.05) is 28.1 Å². The first-order chi connectivity index (χ1) is 6.77. The van der Waals surface area contributed by atoms with Crippen LogP contribution in [0.15, 0.2) is 23.1 Å². The summed E-state index contributed by atoms with van der Waals surface area (Å²) in [4.78, 5) is 2.82. The van der Waals surface area contributed by atoms with E-state index in [2.05, 4.69) is 47.3 Å². The van der Waals surface area contributed by atoms with Crippen molar-refractivity contribution in [1.82, 2.24) is 0 Å². The predicted octanol–water partition coefficient (Wildman–Crippen LogP) is 4.83. The zero-order valence-corrected chi connectivity index (χ0v) is 11.4. The Balaban J connectivity index is 2.79. The summed E-state index contributed by atoms with van der Waals surface area (Å²) in [6.07, 6.45) is 2.14. The van der Waals surface area contributed by atoms with Gasteiger partial charge in [-0.3, -0.25) is 0 Å². The van der Waals surface area contributed by atoms with E-state index in [1.165, 1.54) is 25.4 Å². The van der Waals surface area contributed by atoms with E-state index in [4.69, 9.17) is 0 Å². The lowest BCUT2D eigenvalue weighted by Gasteiger charge is -1.98. The number of thiophene rings is 1. The number of thioether (sulfide) groups is 1. The van der Waals surface area contributed by atoms with Gasteiger partial charge in [-0.05, 0) is 30.2 Å². The van der Waals surface area contributed by atoms with Crippen LogP contribution in [0.2, 0.25) is 0 Å². The Morgan fingerprint density at radius 2 is 2.21 bits per heavy atom. The van der Waals surface area contributed by atoms with Crippen molar-refractivity contribution in [3.05, 3.63) is 28.6 Å². The molecule has 0 atom stereocenters. The van der Waals surface area contributed by atoms with Crippen molar-refractivity contribution in [2.75, 3.05) is 6.26 Å². The summed E-state index contributed by atoms with van der Waals surface area (Å²) in [7, 11) is 0. The maximum atomic E-state index is 3.55. The maximum Gasteiger partial charge on any atom is 0.0484 e. The SMILES string of the molecule is CSc1cccc2c(CBr)c(C)sc12. The first-order valence-electron chi connectivity index (χ1n) is 4.39. The monoisotopic (exact) mass is 286 g/mol. The van der Waals surface area contributed by atoms with Gasteiger partial charge in [0.1, 0.15) is 0 Å². The lowest BCUT2D eigenvalue weighted by Crippen LogP contribution is -1.77. The van der Waals surface area contributed by atoms with Crippen molar-refractivity contribution >= 4 is 49.1 Å². The molecule has 74 valence electrons. The van der Waals surface area contributed by atoms with Gasteiger partial charge < -0.3 is 0 Å². The third-order valence-corrected chi connectivity index (χ3v) is 5.00. The minimum absolute atomic E-state index is 0.955. The van der Waals surface area contributed by atoms with E-state index in [9.17, 15) is 0 Å². The summed E-state index contributed by atoms with van der Waals surface area (Å²) >= 11 is 7.28. The highest BCUT2D eigenvalue weighted by atomic mass is 79.9. The molecule has 0 unspecified atom stereocenters. The molecule has 0 radical (unpaired) electrons. The fourth-order valence-corrected chi connectivity index (χ4v) is 4.46. The van der Waals surface area contributed by atoms with Gasteiger partial charge in [0.05, 0.1) is 0 Å². The van der Waals surface area contributed by atoms with E-state index in [-0.39, 0.29) is 0 Å². The number of fused-ring (bicyclic) bond motifs is 1. The number of benzene rings is 1. The first kappa shape index (κ1) is 10.5. The number of halogens is 1. The molecule has 0 spiro atoms. The van der Waals surface area contributed by atoms with E-state index in [0.717, 1.165) is 5.33 Å². The first-order valence-corrected chi connectivity index (χ1v) is 7.55. The average molecular weight is 287 g/mol. The second-order valence-corrected chi connectivity index (χ2v) is 5.74. The third-order valence-electron chi connectivity index (χ3n) is 2.34. The summed E-state index contributed by atoms with van der Waals surface area (Å²) in [6.45, 7) is 2.20. The summed E-state index contributed by atoms with van der Waals surface area (Å²) in [5.74, 6) is 0. The van der Waals surface area contributed by atoms with Gasteiger partial charge in [0.25, 0.3) is 0 Å². The van der Waals surface area contributed by atoms with Gasteiger partial charge in [0.15, 0.2) is 0 Å². The highest BCUT2D eigenvalue weighted by Crippen LogP contribution is 2.37. The number of aryl methyl sites for hydroxylation is 1. The van der Waals surface area contributed by atoms with Crippen LogP contribution in [0.1, 0.15) is 10.4 Å². The lowest BCUT2D eigenvalue weighted by molar-refractivity contribution is 1.43. The fraction of sp³-hybridized carbons (Fsp3) is 0.273. The standard InChI is InChI=1S/C11H11BrS2/c1-7-9(6-12)8-4-3-5-10(13-2)11(8)14-7/h3-5H,6H2,1-2H3. The minimum Gasteiger partial charge on any atom is -0.139 e. The topological polar surface area (TPSA) is 0 Å². The molecule has 0 aliphatic carbocycles. The molecule has 1 aromatic carbocycles. The van der Waals surface area contributed by atoms with Crippen molar-refractivity contribution in [3.63, 3.8) is 0 Å². The minimum atomic E-state index is 0.955. The van der Waals surface area contributed by atoms with E-state index in [0.29, 0.717) is 0 Å². The molecule has 2 rings (SSSR count). The molecule has 1 heterocycles. The fourth-order valence-electron chi connectivity index (χ4n) is 1.59. The largest absolute Gasteiger partial charge is 0.139 e. The van der Waals surface area contributed by atoms with E-state index in [1.807, 2.05) is 23.1 Å². The van der Waals surface area contributed by atoms with Crippen molar-refractivity contribution in [2.45, 2.75) is 17.1 Å². The number of hydrogen-bond donors (Lipinski definition) is 0. The highest BCUT2D eigenvalue weighted by Gasteiger charge is 2.09. The Morgan fingerprint density at radius 1 is 1.43 bits per heavy atom. The molecule has 0 nitrogen and oxygen atoms in total. The summed E-state index contributed by atoms with van der Waals surface area (Å²) in [5, 5.41) is 2.37. The number of alkyl halides is 1. The predicted molar refractivity (Wildman–Crippen MR) is 71.0 cm³/mol. The van der Waals surface area contributed by atoms with Gasteiger partial charge in [0.2, 0.25) is 0 Å². The van der Waals surface area contributed by atoms with Gasteiger partial charge in [-0.2, -0.15) is 0 Å². The maximum absolute atomic E-state index is 3.55. The van der Waals surface area contributed by atoms with Crippen LogP contribution in [-0.4, -0.2) is 6.26 Å². The molecule has 0 bridgehead atoms. The van der Waals surface area contributed by atoms with Crippen LogP contribution in [0.3, 0.4) is 0 Å². The molecule has 3 heteroatoms. The third kappa shape index (κ3) is 1.62. The second kappa shape index (κ2) is 4.25. The second-order valence-electron chi connectivity index (χ2n) is 3.11. The number of hydrogen-bond acceptors (Lipinski definition) is 2. The molecule has 0 aliphatic rings. The summed E-state index contributed by atoms with van der Waals surface area (Å²) < 4.78 is 1.44. The molecule has 0 saturated carbocycles. The molecule has 14 heavy (non-hydrogen) atoms. The Hall–Kier alpha value is 0.01000. The van der Waals surface area contributed by atoms with E-state index < -0.39 is 0 Å². The molecule has 0 amide bonds. The Kier molecular flexibility index (Phi) is 3.20. The normalized spacial score (nSPS) is 11.1. The zero-order chi connectivity index (χ0) is 10.1. The van der Waals surface area contributed by atoms with Gasteiger partial charge in [-0.25, -0.2) is 0 Å². The van der Waals surface area contributed by atoms with Crippen molar-refractivity contribution in [2.24, 2.45) is 0 Å². The lowest BCUT2D eigenvalue weighted by atomic mass is 10.1. The molecular weight excluding hydrogens is 276 g/mol. The van der Waals surface area contributed by atoms with Crippen molar-refractivity contribution in [3.8, 4) is 0 Å². The molecule has 1 aromatic heterocycles. The van der Waals surface area contributed by atoms with Crippen LogP contribution in [-0.2, 0) is 5.33 Å². The van der Waals surface area contributed by atoms with Crippen molar-refractivity contribution < 1.29 is 0 Å². The van der Waals surface area contributed by atoms with Gasteiger partial charge >= 0.3 is 0 Å². The summed E-state index contributed by atoms with van der Waals surface area (Å²) in [6, 6.07) is 6.56. The quantitative estimate of drug-likeness (QED) is 0.563.